The summed E-state index contributed by atoms with van der Waals surface area (Å²) in [5, 5.41) is 2.88. The predicted octanol–water partition coefficient (Wildman–Crippen LogP) is 5.97. The molecule has 1 atom stereocenters. The van der Waals surface area contributed by atoms with Gasteiger partial charge in [0.15, 0.2) is 0 Å². The first-order valence-electron chi connectivity index (χ1n) is 13.9. The second-order valence-corrected chi connectivity index (χ2v) is 13.2. The standard InChI is InChI=1S/C32H38F3N3O4S/c1-6-28(30(40)36-31(3,4)5)37(20-19-24-11-8-7-9-12-24)29(39)22-38(26-14-10-13-25(21-26)32(33,34)35)43(41,42)27-17-15-23(2)16-18-27/h7-18,21,28H,6,19-20,22H2,1-5H3,(H,36,40)/t28-/m0/s1. The van der Waals surface area contributed by atoms with Crippen LogP contribution in [0, 0.1) is 6.92 Å². The lowest BCUT2D eigenvalue weighted by Crippen LogP contribution is -2.56. The van der Waals surface area contributed by atoms with E-state index in [1.807, 2.05) is 30.3 Å². The number of carbonyl (C=O) groups excluding carboxylic acids is 2. The van der Waals surface area contributed by atoms with E-state index in [2.05, 4.69) is 5.32 Å². The van der Waals surface area contributed by atoms with E-state index in [4.69, 9.17) is 0 Å². The molecule has 43 heavy (non-hydrogen) atoms. The minimum Gasteiger partial charge on any atom is -0.350 e. The maximum atomic E-state index is 14.1. The van der Waals surface area contributed by atoms with Gasteiger partial charge in [0, 0.05) is 12.1 Å². The van der Waals surface area contributed by atoms with Crippen molar-refractivity contribution in [2.75, 3.05) is 17.4 Å². The van der Waals surface area contributed by atoms with E-state index >= 15 is 0 Å². The Bertz CT molecular complexity index is 1500. The SMILES string of the molecule is CC[C@@H](C(=O)NC(C)(C)C)N(CCc1ccccc1)C(=O)CN(c1cccc(C(F)(F)F)c1)S(=O)(=O)c1ccc(C)cc1. The number of nitrogens with zero attached hydrogens (tertiary/aromatic N) is 2. The Morgan fingerprint density at radius 3 is 2.09 bits per heavy atom. The van der Waals surface area contributed by atoms with Gasteiger partial charge in [0.1, 0.15) is 12.6 Å². The van der Waals surface area contributed by atoms with Crippen LogP contribution in [0.3, 0.4) is 0 Å². The van der Waals surface area contributed by atoms with E-state index in [0.29, 0.717) is 16.8 Å². The molecule has 0 fully saturated rings. The minimum atomic E-state index is -4.74. The third-order valence-corrected chi connectivity index (χ3v) is 8.51. The maximum Gasteiger partial charge on any atom is 0.416 e. The Morgan fingerprint density at radius 1 is 0.907 bits per heavy atom. The van der Waals surface area contributed by atoms with Gasteiger partial charge in [-0.25, -0.2) is 8.42 Å². The van der Waals surface area contributed by atoms with Gasteiger partial charge in [-0.15, -0.1) is 0 Å². The number of benzene rings is 3. The summed E-state index contributed by atoms with van der Waals surface area (Å²) in [7, 11) is -4.49. The molecule has 0 heterocycles. The second-order valence-electron chi connectivity index (χ2n) is 11.4. The number of hydrogen-bond donors (Lipinski definition) is 1. The molecule has 0 unspecified atom stereocenters. The first-order chi connectivity index (χ1) is 20.0. The predicted molar refractivity (Wildman–Crippen MR) is 161 cm³/mol. The van der Waals surface area contributed by atoms with Gasteiger partial charge in [0.2, 0.25) is 11.8 Å². The molecule has 0 aliphatic heterocycles. The van der Waals surface area contributed by atoms with Crippen LogP contribution in [0.1, 0.15) is 50.8 Å². The highest BCUT2D eigenvalue weighted by Gasteiger charge is 2.36. The molecule has 3 aromatic rings. The maximum absolute atomic E-state index is 14.1. The fourth-order valence-electron chi connectivity index (χ4n) is 4.55. The third-order valence-electron chi connectivity index (χ3n) is 6.72. The summed E-state index contributed by atoms with van der Waals surface area (Å²) >= 11 is 0. The van der Waals surface area contributed by atoms with Crippen molar-refractivity contribution in [2.45, 2.75) is 70.1 Å². The summed E-state index contributed by atoms with van der Waals surface area (Å²) in [4.78, 5) is 28.5. The number of alkyl halides is 3. The number of nitrogens with one attached hydrogen (secondary N) is 1. The molecule has 0 spiro atoms. The average Bonchev–Trinajstić information content (AvgIpc) is 2.93. The van der Waals surface area contributed by atoms with Crippen LogP contribution in [0.4, 0.5) is 18.9 Å². The van der Waals surface area contributed by atoms with Crippen molar-refractivity contribution in [3.8, 4) is 0 Å². The fourth-order valence-corrected chi connectivity index (χ4v) is 5.96. The van der Waals surface area contributed by atoms with Gasteiger partial charge in [0.25, 0.3) is 10.0 Å². The number of carbonyl (C=O) groups is 2. The summed E-state index contributed by atoms with van der Waals surface area (Å²) in [6.07, 6.45) is -4.13. The molecular weight excluding hydrogens is 579 g/mol. The second kappa shape index (κ2) is 13.6. The number of hydrogen-bond acceptors (Lipinski definition) is 4. The Hall–Kier alpha value is -3.86. The van der Waals surface area contributed by atoms with Crippen molar-refractivity contribution in [2.24, 2.45) is 0 Å². The topological polar surface area (TPSA) is 86.8 Å². The highest BCUT2D eigenvalue weighted by molar-refractivity contribution is 7.92. The molecule has 1 N–H and O–H groups in total. The van der Waals surface area contributed by atoms with E-state index in [0.717, 1.165) is 23.3 Å². The van der Waals surface area contributed by atoms with E-state index in [1.54, 1.807) is 46.8 Å². The van der Waals surface area contributed by atoms with E-state index in [1.165, 1.54) is 23.1 Å². The zero-order valence-electron chi connectivity index (χ0n) is 25.0. The molecule has 0 aliphatic carbocycles. The Labute approximate surface area is 251 Å². The van der Waals surface area contributed by atoms with Gasteiger partial charge in [-0.1, -0.05) is 61.0 Å². The summed E-state index contributed by atoms with van der Waals surface area (Å²) in [5.41, 5.74) is -0.300. The minimum absolute atomic E-state index is 0.0833. The highest BCUT2D eigenvalue weighted by atomic mass is 32.2. The number of sulfonamides is 1. The molecule has 0 aliphatic rings. The molecule has 0 bridgehead atoms. The smallest absolute Gasteiger partial charge is 0.350 e. The lowest BCUT2D eigenvalue weighted by atomic mass is 10.1. The van der Waals surface area contributed by atoms with Gasteiger partial charge >= 0.3 is 6.18 Å². The Morgan fingerprint density at radius 2 is 1.53 bits per heavy atom. The van der Waals surface area contributed by atoms with Crippen LogP contribution in [-0.4, -0.2) is 49.8 Å². The molecule has 0 aromatic heterocycles. The summed E-state index contributed by atoms with van der Waals surface area (Å²) < 4.78 is 69.4. The van der Waals surface area contributed by atoms with Gasteiger partial charge in [-0.05, 0) is 76.4 Å². The largest absolute Gasteiger partial charge is 0.416 e. The summed E-state index contributed by atoms with van der Waals surface area (Å²) in [5.74, 6) is -1.14. The van der Waals surface area contributed by atoms with Crippen LogP contribution in [0.5, 0.6) is 0 Å². The van der Waals surface area contributed by atoms with Gasteiger partial charge in [-0.3, -0.25) is 13.9 Å². The van der Waals surface area contributed by atoms with Crippen molar-refractivity contribution in [1.82, 2.24) is 10.2 Å². The zero-order valence-corrected chi connectivity index (χ0v) is 25.8. The van der Waals surface area contributed by atoms with Crippen molar-refractivity contribution in [1.29, 1.82) is 0 Å². The van der Waals surface area contributed by atoms with Crippen LogP contribution < -0.4 is 9.62 Å². The number of halogens is 3. The average molecular weight is 618 g/mol. The zero-order chi connectivity index (χ0) is 32.0. The molecule has 11 heteroatoms. The van der Waals surface area contributed by atoms with E-state index in [-0.39, 0.29) is 23.5 Å². The summed E-state index contributed by atoms with van der Waals surface area (Å²) in [6.45, 7) is 8.18. The lowest BCUT2D eigenvalue weighted by molar-refractivity contribution is -0.140. The molecule has 0 saturated heterocycles. The summed E-state index contributed by atoms with van der Waals surface area (Å²) in [6, 6.07) is 18.0. The molecule has 3 rings (SSSR count). The van der Waals surface area contributed by atoms with Crippen LogP contribution in [0.2, 0.25) is 0 Å². The first-order valence-corrected chi connectivity index (χ1v) is 15.4. The molecule has 232 valence electrons. The Kier molecular flexibility index (Phi) is 10.7. The molecule has 0 saturated carbocycles. The van der Waals surface area contributed by atoms with Crippen molar-refractivity contribution in [3.05, 3.63) is 95.6 Å². The van der Waals surface area contributed by atoms with Crippen LogP contribution in [-0.2, 0) is 32.2 Å². The van der Waals surface area contributed by atoms with E-state index < -0.39 is 51.7 Å². The van der Waals surface area contributed by atoms with Gasteiger partial charge in [0.05, 0.1) is 16.1 Å². The normalized spacial score (nSPS) is 12.8. The third kappa shape index (κ3) is 9.06. The molecule has 2 amide bonds. The fraction of sp³-hybridized carbons (Fsp3) is 0.375. The quantitative estimate of drug-likeness (QED) is 0.287. The molecule has 3 aromatic carbocycles. The first kappa shape index (κ1) is 33.6. The molecule has 0 radical (unpaired) electrons. The van der Waals surface area contributed by atoms with Crippen LogP contribution in [0.15, 0.2) is 83.8 Å². The molecular formula is C32H38F3N3O4S. The number of amides is 2. The Balaban J connectivity index is 2.08. The number of rotatable bonds is 11. The number of anilines is 1. The van der Waals surface area contributed by atoms with Gasteiger partial charge < -0.3 is 10.2 Å². The van der Waals surface area contributed by atoms with Crippen molar-refractivity contribution >= 4 is 27.5 Å². The van der Waals surface area contributed by atoms with Crippen LogP contribution >= 0.6 is 0 Å². The highest BCUT2D eigenvalue weighted by Crippen LogP contribution is 2.33. The van der Waals surface area contributed by atoms with Crippen molar-refractivity contribution in [3.63, 3.8) is 0 Å². The van der Waals surface area contributed by atoms with Gasteiger partial charge in [-0.2, -0.15) is 13.2 Å². The number of aryl methyl sites for hydroxylation is 1. The van der Waals surface area contributed by atoms with Crippen molar-refractivity contribution < 1.29 is 31.2 Å². The van der Waals surface area contributed by atoms with Crippen LogP contribution in [0.25, 0.3) is 0 Å². The monoisotopic (exact) mass is 617 g/mol. The molecule has 7 nitrogen and oxygen atoms in total. The lowest BCUT2D eigenvalue weighted by Gasteiger charge is -2.35. The van der Waals surface area contributed by atoms with E-state index in [9.17, 15) is 31.2 Å².